The summed E-state index contributed by atoms with van der Waals surface area (Å²) in [7, 11) is 0. The SMILES string of the molecule is C=CC1C(CC(c2ccccc2)(c2ccc(CC)cc2)c2ccc(CC)cc2)C(C)C(C)(CC)C1C(=C)C.CC.CCC(=O)CCC(C)C.Cc1ccccc1. The summed E-state index contributed by atoms with van der Waals surface area (Å²) in [4.78, 5) is 10.7. The lowest BCUT2D eigenvalue weighted by molar-refractivity contribution is -0.119. The molecule has 304 valence electrons. The maximum Gasteiger partial charge on any atom is 0.132 e. The second-order valence-electron chi connectivity index (χ2n) is 16.5. The predicted molar refractivity (Wildman–Crippen MR) is 248 cm³/mol. The molecule has 1 fully saturated rings. The average Bonchev–Trinajstić information content (AvgIpc) is 3.45. The molecule has 5 rings (SSSR count). The third-order valence-electron chi connectivity index (χ3n) is 12.7. The van der Waals surface area contributed by atoms with Gasteiger partial charge in [-0.25, -0.2) is 0 Å². The second kappa shape index (κ2) is 23.9. The molecule has 0 bridgehead atoms. The molecule has 0 radical (unpaired) electrons. The summed E-state index contributed by atoms with van der Waals surface area (Å²) in [6.45, 7) is 35.3. The van der Waals surface area contributed by atoms with E-state index in [0.29, 0.717) is 41.8 Å². The van der Waals surface area contributed by atoms with Gasteiger partial charge in [-0.3, -0.25) is 4.79 Å². The van der Waals surface area contributed by atoms with Crippen molar-refractivity contribution in [1.82, 2.24) is 0 Å². The zero-order valence-electron chi connectivity index (χ0n) is 37.6. The van der Waals surface area contributed by atoms with Crippen molar-refractivity contribution >= 4 is 5.78 Å². The van der Waals surface area contributed by atoms with Crippen molar-refractivity contribution in [2.45, 2.75) is 133 Å². The highest BCUT2D eigenvalue weighted by atomic mass is 16.1. The Morgan fingerprint density at radius 3 is 1.55 bits per heavy atom. The summed E-state index contributed by atoms with van der Waals surface area (Å²) in [5.41, 5.74) is 9.50. The molecule has 0 spiro atoms. The summed E-state index contributed by atoms with van der Waals surface area (Å²) in [6.07, 6.45) is 9.09. The summed E-state index contributed by atoms with van der Waals surface area (Å²) < 4.78 is 0. The molecular formula is C55H78O. The van der Waals surface area contributed by atoms with Gasteiger partial charge >= 0.3 is 0 Å². The fourth-order valence-corrected chi connectivity index (χ4v) is 8.99. The molecule has 1 aliphatic rings. The molecule has 0 aliphatic heterocycles. The monoisotopic (exact) mass is 755 g/mol. The first-order chi connectivity index (χ1) is 26.8. The lowest BCUT2D eigenvalue weighted by Gasteiger charge is -2.41. The van der Waals surface area contributed by atoms with Gasteiger partial charge in [-0.05, 0) is 109 Å². The first-order valence-corrected chi connectivity index (χ1v) is 21.9. The Morgan fingerprint density at radius 2 is 1.21 bits per heavy atom. The van der Waals surface area contributed by atoms with Crippen molar-refractivity contribution in [2.75, 3.05) is 0 Å². The zero-order valence-corrected chi connectivity index (χ0v) is 37.6. The maximum absolute atomic E-state index is 10.7. The zero-order chi connectivity index (χ0) is 41.9. The highest BCUT2D eigenvalue weighted by Crippen LogP contribution is 2.62. The summed E-state index contributed by atoms with van der Waals surface area (Å²) in [6, 6.07) is 40.5. The highest BCUT2D eigenvalue weighted by molar-refractivity contribution is 5.77. The molecule has 5 atom stereocenters. The van der Waals surface area contributed by atoms with E-state index in [1.807, 2.05) is 39.0 Å². The van der Waals surface area contributed by atoms with Gasteiger partial charge in [0.15, 0.2) is 0 Å². The van der Waals surface area contributed by atoms with Crippen LogP contribution in [0.2, 0.25) is 0 Å². The fourth-order valence-electron chi connectivity index (χ4n) is 8.99. The Hall–Kier alpha value is -3.97. The molecule has 0 aromatic heterocycles. The lowest BCUT2D eigenvalue weighted by atomic mass is 9.62. The minimum atomic E-state index is -0.251. The van der Waals surface area contributed by atoms with Crippen LogP contribution >= 0.6 is 0 Å². The number of aryl methyl sites for hydroxylation is 3. The van der Waals surface area contributed by atoms with Crippen molar-refractivity contribution in [3.63, 3.8) is 0 Å². The average molecular weight is 755 g/mol. The van der Waals surface area contributed by atoms with Gasteiger partial charge < -0.3 is 0 Å². The number of rotatable bonds is 14. The van der Waals surface area contributed by atoms with Crippen LogP contribution in [0.1, 0.15) is 142 Å². The second-order valence-corrected chi connectivity index (χ2v) is 16.5. The molecule has 0 amide bonds. The van der Waals surface area contributed by atoms with E-state index < -0.39 is 0 Å². The smallest absolute Gasteiger partial charge is 0.132 e. The van der Waals surface area contributed by atoms with E-state index in [9.17, 15) is 4.79 Å². The van der Waals surface area contributed by atoms with Crippen molar-refractivity contribution < 1.29 is 4.79 Å². The number of allylic oxidation sites excluding steroid dienone is 2. The normalized spacial score (nSPS) is 20.0. The Balaban J connectivity index is 0.000000496. The molecule has 5 unspecified atom stereocenters. The van der Waals surface area contributed by atoms with E-state index in [4.69, 9.17) is 0 Å². The predicted octanol–water partition coefficient (Wildman–Crippen LogP) is 15.6. The Morgan fingerprint density at radius 1 is 0.768 bits per heavy atom. The molecule has 0 heterocycles. The number of benzene rings is 4. The first-order valence-electron chi connectivity index (χ1n) is 21.9. The molecule has 1 saturated carbocycles. The molecule has 0 N–H and O–H groups in total. The van der Waals surface area contributed by atoms with Crippen LogP contribution in [0, 0.1) is 41.9 Å². The van der Waals surface area contributed by atoms with Crippen LogP contribution < -0.4 is 0 Å². The molecular weight excluding hydrogens is 677 g/mol. The summed E-state index contributed by atoms with van der Waals surface area (Å²) >= 11 is 0. The van der Waals surface area contributed by atoms with E-state index in [1.54, 1.807) is 0 Å². The van der Waals surface area contributed by atoms with Gasteiger partial charge in [-0.15, -0.1) is 6.58 Å². The molecule has 56 heavy (non-hydrogen) atoms. The van der Waals surface area contributed by atoms with Crippen LogP contribution in [0.5, 0.6) is 0 Å². The van der Waals surface area contributed by atoms with Gasteiger partial charge in [0.25, 0.3) is 0 Å². The van der Waals surface area contributed by atoms with E-state index in [1.165, 1.54) is 39.0 Å². The highest BCUT2D eigenvalue weighted by Gasteiger charge is 2.56. The summed E-state index contributed by atoms with van der Waals surface area (Å²) in [5, 5.41) is 0. The standard InChI is InChI=1S/C38H48.C8H16O.C7H8.C2H6/c1-9-29-18-22-32(23-19-29)38(31-16-14-13-15-17-31,33-24-20-30(10-2)21-25-33)26-35-28(7)37(8,12-4)36(27(5)6)34(35)11-3;1-4-8(9)6-5-7(2)3;1-7-5-3-2-4-6-7;1-2/h11,13-25,28,34-36H,3,5,9-10,12,26H2,1-2,4,6-8H3;7H,4-6H2,1-3H3;2-6H,1H3;1-2H3. The lowest BCUT2D eigenvalue weighted by Crippen LogP contribution is -2.35. The van der Waals surface area contributed by atoms with Gasteiger partial charge in [0.05, 0.1) is 0 Å². The number of hydrogen-bond acceptors (Lipinski definition) is 1. The molecule has 1 nitrogen and oxygen atoms in total. The quantitative estimate of drug-likeness (QED) is 0.0925. The van der Waals surface area contributed by atoms with Crippen molar-refractivity contribution in [1.29, 1.82) is 0 Å². The Kier molecular flexibility index (Phi) is 20.6. The van der Waals surface area contributed by atoms with Crippen LogP contribution in [0.25, 0.3) is 0 Å². The van der Waals surface area contributed by atoms with Crippen LogP contribution in [0.4, 0.5) is 0 Å². The van der Waals surface area contributed by atoms with E-state index in [-0.39, 0.29) is 10.8 Å². The first kappa shape index (κ1) is 48.2. The van der Waals surface area contributed by atoms with Crippen molar-refractivity contribution in [2.24, 2.45) is 35.0 Å². The van der Waals surface area contributed by atoms with E-state index >= 15 is 0 Å². The number of carbonyl (C=O) groups excluding carboxylic acids is 1. The number of Topliss-reactive ketones (excluding diaryl/α,β-unsaturated/α-hetero) is 1. The number of hydrogen-bond donors (Lipinski definition) is 0. The minimum absolute atomic E-state index is 0.204. The number of ketones is 1. The third-order valence-corrected chi connectivity index (χ3v) is 12.7. The van der Waals surface area contributed by atoms with Gasteiger partial charge in [-0.1, -0.05) is 202 Å². The van der Waals surface area contributed by atoms with Crippen LogP contribution in [0.3, 0.4) is 0 Å². The van der Waals surface area contributed by atoms with Gasteiger partial charge in [0, 0.05) is 18.3 Å². The molecule has 1 aliphatic carbocycles. The van der Waals surface area contributed by atoms with Crippen LogP contribution in [-0.2, 0) is 23.1 Å². The third kappa shape index (κ3) is 12.3. The molecule has 1 heteroatoms. The minimum Gasteiger partial charge on any atom is -0.300 e. The Bertz CT molecular complexity index is 1650. The van der Waals surface area contributed by atoms with E-state index in [0.717, 1.165) is 38.5 Å². The summed E-state index contributed by atoms with van der Waals surface area (Å²) in [5.74, 6) is 2.94. The Labute approximate surface area is 345 Å². The van der Waals surface area contributed by atoms with Crippen molar-refractivity contribution in [3.05, 3.63) is 167 Å². The van der Waals surface area contributed by atoms with Gasteiger partial charge in [-0.2, -0.15) is 0 Å². The van der Waals surface area contributed by atoms with Gasteiger partial charge in [0.1, 0.15) is 5.78 Å². The van der Waals surface area contributed by atoms with Gasteiger partial charge in [0.2, 0.25) is 0 Å². The van der Waals surface area contributed by atoms with E-state index in [2.05, 4.69) is 173 Å². The van der Waals surface area contributed by atoms with Crippen LogP contribution in [0.15, 0.2) is 134 Å². The molecule has 4 aromatic rings. The van der Waals surface area contributed by atoms with Crippen LogP contribution in [-0.4, -0.2) is 5.78 Å². The fraction of sp³-hybridized carbons (Fsp3) is 0.473. The number of carbonyl (C=O) groups is 1. The van der Waals surface area contributed by atoms with Crippen molar-refractivity contribution in [3.8, 4) is 0 Å². The largest absolute Gasteiger partial charge is 0.300 e. The molecule has 0 saturated heterocycles. The molecule has 4 aromatic carbocycles. The topological polar surface area (TPSA) is 17.1 Å². The maximum atomic E-state index is 10.7.